The maximum atomic E-state index is 12.6. The van der Waals surface area contributed by atoms with Crippen LogP contribution in [0.2, 0.25) is 0 Å². The summed E-state index contributed by atoms with van der Waals surface area (Å²) in [5.74, 6) is 1.67. The number of anilines is 1. The molecule has 168 valence electrons. The van der Waals surface area contributed by atoms with Gasteiger partial charge in [0.15, 0.2) is 11.6 Å². The Bertz CT molecular complexity index is 942. The molecular formula is C25H36N4O2. The third-order valence-electron chi connectivity index (χ3n) is 5.49. The second-order valence-electron chi connectivity index (χ2n) is 10.6. The van der Waals surface area contributed by atoms with E-state index in [2.05, 4.69) is 25.8 Å². The fourth-order valence-electron chi connectivity index (χ4n) is 4.03. The summed E-state index contributed by atoms with van der Waals surface area (Å²) in [7, 11) is 1.94. The number of hydrogen-bond acceptors (Lipinski definition) is 6. The van der Waals surface area contributed by atoms with Crippen LogP contribution >= 0.6 is 0 Å². The lowest BCUT2D eigenvalue weighted by atomic mass is 9.90. The zero-order valence-electron chi connectivity index (χ0n) is 19.8. The minimum atomic E-state index is -0.705. The third-order valence-corrected chi connectivity index (χ3v) is 5.49. The summed E-state index contributed by atoms with van der Waals surface area (Å²) in [4.78, 5) is 28.8. The van der Waals surface area contributed by atoms with E-state index in [1.165, 1.54) is 0 Å². The number of pyridine rings is 1. The van der Waals surface area contributed by atoms with Gasteiger partial charge in [-0.1, -0.05) is 20.8 Å². The van der Waals surface area contributed by atoms with Crippen molar-refractivity contribution in [1.29, 1.82) is 0 Å². The van der Waals surface area contributed by atoms with Crippen molar-refractivity contribution >= 4 is 11.6 Å². The number of aromatic nitrogens is 3. The van der Waals surface area contributed by atoms with E-state index in [0.29, 0.717) is 25.2 Å². The van der Waals surface area contributed by atoms with Gasteiger partial charge in [-0.25, -0.2) is 9.97 Å². The van der Waals surface area contributed by atoms with Crippen LogP contribution in [-0.2, 0) is 24.1 Å². The van der Waals surface area contributed by atoms with E-state index in [9.17, 15) is 9.90 Å². The average molecular weight is 425 g/mol. The Labute approximate surface area is 186 Å². The molecule has 0 atom stereocenters. The normalized spacial score (nSPS) is 13.9. The number of aliphatic hydroxyl groups is 1. The Morgan fingerprint density at radius 1 is 1.16 bits per heavy atom. The van der Waals surface area contributed by atoms with Crippen LogP contribution in [0.1, 0.15) is 70.7 Å². The molecular weight excluding hydrogens is 388 g/mol. The van der Waals surface area contributed by atoms with Crippen LogP contribution in [0.5, 0.6) is 0 Å². The summed E-state index contributed by atoms with van der Waals surface area (Å²) < 4.78 is 0. The zero-order valence-corrected chi connectivity index (χ0v) is 19.8. The minimum absolute atomic E-state index is 0.0236. The first-order valence-electron chi connectivity index (χ1n) is 11.2. The van der Waals surface area contributed by atoms with Crippen LogP contribution in [0, 0.1) is 5.41 Å². The molecule has 0 saturated heterocycles. The first-order valence-corrected chi connectivity index (χ1v) is 11.2. The lowest BCUT2D eigenvalue weighted by molar-refractivity contribution is -0.119. The summed E-state index contributed by atoms with van der Waals surface area (Å²) in [6.07, 6.45) is 6.69. The predicted octanol–water partition coefficient (Wildman–Crippen LogP) is 4.17. The van der Waals surface area contributed by atoms with Crippen molar-refractivity contribution < 1.29 is 9.90 Å². The maximum absolute atomic E-state index is 12.6. The highest BCUT2D eigenvalue weighted by Gasteiger charge is 2.24. The third kappa shape index (κ3) is 6.57. The van der Waals surface area contributed by atoms with Crippen molar-refractivity contribution in [3.63, 3.8) is 0 Å². The first kappa shape index (κ1) is 23.3. The van der Waals surface area contributed by atoms with Crippen molar-refractivity contribution in [2.24, 2.45) is 5.41 Å². The van der Waals surface area contributed by atoms with E-state index < -0.39 is 5.60 Å². The van der Waals surface area contributed by atoms with Crippen molar-refractivity contribution in [3.05, 3.63) is 35.2 Å². The van der Waals surface area contributed by atoms with Crippen molar-refractivity contribution in [2.75, 3.05) is 18.5 Å². The molecule has 2 heterocycles. The van der Waals surface area contributed by atoms with Gasteiger partial charge in [-0.05, 0) is 69.1 Å². The first-order chi connectivity index (χ1) is 14.4. The van der Waals surface area contributed by atoms with Crippen LogP contribution in [-0.4, -0.2) is 45.0 Å². The Hall–Kier alpha value is -2.34. The molecule has 31 heavy (non-hydrogen) atoms. The molecule has 6 heteroatoms. The Morgan fingerprint density at radius 3 is 2.58 bits per heavy atom. The van der Waals surface area contributed by atoms with Crippen LogP contribution in [0.15, 0.2) is 18.3 Å². The lowest BCUT2D eigenvalue weighted by Gasteiger charge is -2.23. The molecule has 0 unspecified atom stereocenters. The van der Waals surface area contributed by atoms with Gasteiger partial charge in [0.25, 0.3) is 0 Å². The monoisotopic (exact) mass is 424 g/mol. The molecule has 2 aromatic rings. The highest BCUT2D eigenvalue weighted by molar-refractivity contribution is 5.84. The smallest absolute Gasteiger partial charge is 0.180 e. The SMILES string of the molecule is CN(CC(=O)CC(C)(C)C)c1nc(-c2cc(CCC(C)(C)O)ccn2)nc2c1CCC2. The average Bonchev–Trinajstić information content (AvgIpc) is 3.12. The van der Waals surface area contributed by atoms with E-state index in [0.717, 1.165) is 54.0 Å². The number of Topliss-reactive ketones (excluding diaryl/α,β-unsaturated/α-hetero) is 1. The Balaban J connectivity index is 1.87. The van der Waals surface area contributed by atoms with Crippen molar-refractivity contribution in [3.8, 4) is 11.5 Å². The largest absolute Gasteiger partial charge is 0.390 e. The number of ketones is 1. The van der Waals surface area contributed by atoms with E-state index in [-0.39, 0.29) is 11.2 Å². The topological polar surface area (TPSA) is 79.2 Å². The van der Waals surface area contributed by atoms with Gasteiger partial charge < -0.3 is 10.0 Å². The highest BCUT2D eigenvalue weighted by Crippen LogP contribution is 2.31. The Morgan fingerprint density at radius 2 is 1.90 bits per heavy atom. The number of likely N-dealkylation sites (N-methyl/N-ethyl adjacent to an activating group) is 1. The van der Waals surface area contributed by atoms with Crippen molar-refractivity contribution in [2.45, 2.75) is 78.7 Å². The van der Waals surface area contributed by atoms with E-state index in [1.807, 2.05) is 37.9 Å². The molecule has 0 spiro atoms. The number of nitrogens with zero attached hydrogens (tertiary/aromatic N) is 4. The quantitative estimate of drug-likeness (QED) is 0.685. The molecule has 0 fully saturated rings. The number of hydrogen-bond donors (Lipinski definition) is 1. The molecule has 2 aromatic heterocycles. The summed E-state index contributed by atoms with van der Waals surface area (Å²) >= 11 is 0. The van der Waals surface area contributed by atoms with Gasteiger partial charge in [0.1, 0.15) is 11.5 Å². The van der Waals surface area contributed by atoms with E-state index in [4.69, 9.17) is 9.97 Å². The summed E-state index contributed by atoms with van der Waals surface area (Å²) in [6, 6.07) is 3.98. The number of carbonyl (C=O) groups excluding carboxylic acids is 1. The number of carbonyl (C=O) groups is 1. The van der Waals surface area contributed by atoms with Gasteiger partial charge in [-0.3, -0.25) is 9.78 Å². The van der Waals surface area contributed by atoms with Gasteiger partial charge in [-0.2, -0.15) is 0 Å². The molecule has 0 aromatic carbocycles. The zero-order chi connectivity index (χ0) is 22.8. The molecule has 0 aliphatic heterocycles. The highest BCUT2D eigenvalue weighted by atomic mass is 16.3. The fourth-order valence-corrected chi connectivity index (χ4v) is 4.03. The molecule has 0 saturated carbocycles. The van der Waals surface area contributed by atoms with Gasteiger partial charge >= 0.3 is 0 Å². The molecule has 0 bridgehead atoms. The molecule has 3 rings (SSSR count). The number of aryl methyl sites for hydroxylation is 2. The van der Waals surface area contributed by atoms with Gasteiger partial charge in [0, 0.05) is 30.9 Å². The molecule has 0 amide bonds. The molecule has 0 radical (unpaired) electrons. The second-order valence-corrected chi connectivity index (χ2v) is 10.6. The standard InChI is InChI=1S/C25H36N4O2/c1-24(2,3)15-18(30)16-29(6)23-19-8-7-9-20(19)27-22(28-23)21-14-17(11-13-26-21)10-12-25(4,5)31/h11,13-14,31H,7-10,12,15-16H2,1-6H3. The van der Waals surface area contributed by atoms with Crippen LogP contribution in [0.4, 0.5) is 5.82 Å². The van der Waals surface area contributed by atoms with Gasteiger partial charge in [0.2, 0.25) is 0 Å². The van der Waals surface area contributed by atoms with Crippen LogP contribution in [0.25, 0.3) is 11.5 Å². The number of fused-ring (bicyclic) bond motifs is 1. The van der Waals surface area contributed by atoms with Crippen LogP contribution in [0.3, 0.4) is 0 Å². The fraction of sp³-hybridized carbons (Fsp3) is 0.600. The lowest BCUT2D eigenvalue weighted by Crippen LogP contribution is -2.30. The predicted molar refractivity (Wildman–Crippen MR) is 124 cm³/mol. The van der Waals surface area contributed by atoms with E-state index in [1.54, 1.807) is 6.20 Å². The van der Waals surface area contributed by atoms with Crippen molar-refractivity contribution in [1.82, 2.24) is 15.0 Å². The summed E-state index contributed by atoms with van der Waals surface area (Å²) in [6.45, 7) is 10.2. The summed E-state index contributed by atoms with van der Waals surface area (Å²) in [5, 5.41) is 10.0. The van der Waals surface area contributed by atoms with E-state index >= 15 is 0 Å². The molecule has 1 N–H and O–H groups in total. The van der Waals surface area contributed by atoms with Crippen LogP contribution < -0.4 is 4.90 Å². The minimum Gasteiger partial charge on any atom is -0.390 e. The molecule has 6 nitrogen and oxygen atoms in total. The second kappa shape index (κ2) is 9.03. The molecule has 1 aliphatic carbocycles. The van der Waals surface area contributed by atoms with Gasteiger partial charge in [-0.15, -0.1) is 0 Å². The summed E-state index contributed by atoms with van der Waals surface area (Å²) in [5.41, 5.74) is 3.34. The number of rotatable bonds is 8. The van der Waals surface area contributed by atoms with Gasteiger partial charge in [0.05, 0.1) is 12.1 Å². The maximum Gasteiger partial charge on any atom is 0.180 e. The Kier molecular flexibility index (Phi) is 6.79. The molecule has 1 aliphatic rings.